The summed E-state index contributed by atoms with van der Waals surface area (Å²) in [4.78, 5) is 18.7. The Kier molecular flexibility index (Phi) is 2.99. The molecule has 1 saturated carbocycles. The Hall–Kier alpha value is -1.30. The summed E-state index contributed by atoms with van der Waals surface area (Å²) >= 11 is 5.77. The van der Waals surface area contributed by atoms with Gasteiger partial charge in [-0.2, -0.15) is 0 Å². The van der Waals surface area contributed by atoms with Crippen molar-refractivity contribution in [1.82, 2.24) is 9.97 Å². The van der Waals surface area contributed by atoms with Crippen molar-refractivity contribution < 1.29 is 18.3 Å². The summed E-state index contributed by atoms with van der Waals surface area (Å²) in [6.45, 7) is 0. The van der Waals surface area contributed by atoms with Crippen molar-refractivity contribution in [2.24, 2.45) is 5.92 Å². The maximum Gasteiger partial charge on any atom is 0.358 e. The average Bonchev–Trinajstić information content (AvgIpc) is 2.88. The fraction of sp³-hybridized carbons (Fsp3) is 0.500. The Morgan fingerprint density at radius 3 is 2.82 bits per heavy atom. The summed E-state index contributed by atoms with van der Waals surface area (Å²) in [6, 6.07) is 0. The lowest BCUT2D eigenvalue weighted by Gasteiger charge is -2.03. The maximum absolute atomic E-state index is 12.7. The summed E-state index contributed by atoms with van der Waals surface area (Å²) in [6.07, 6.45) is 1.09. The number of carbonyl (C=O) groups is 1. The van der Waals surface area contributed by atoms with Crippen LogP contribution in [-0.2, 0) is 11.2 Å². The molecule has 1 aliphatic carbocycles. The molecule has 1 aliphatic rings. The molecule has 1 heterocycles. The fourth-order valence-corrected chi connectivity index (χ4v) is 1.67. The number of methoxy groups -OCH3 is 1. The normalized spacial score (nSPS) is 21.1. The van der Waals surface area contributed by atoms with E-state index < -0.39 is 17.8 Å². The summed E-state index contributed by atoms with van der Waals surface area (Å²) in [5.41, 5.74) is 0.241. The van der Waals surface area contributed by atoms with E-state index >= 15 is 0 Å². The second-order valence-corrected chi connectivity index (χ2v) is 4.21. The highest BCUT2D eigenvalue weighted by Crippen LogP contribution is 2.50. The van der Waals surface area contributed by atoms with E-state index in [0.717, 1.165) is 0 Å². The van der Waals surface area contributed by atoms with Crippen LogP contribution in [-0.4, -0.2) is 29.0 Å². The molecule has 0 N–H and O–H groups in total. The highest BCUT2D eigenvalue weighted by Gasteiger charge is 2.56. The molecule has 1 aromatic rings. The Balaban J connectivity index is 2.12. The van der Waals surface area contributed by atoms with E-state index in [1.807, 2.05) is 0 Å². The van der Waals surface area contributed by atoms with Gasteiger partial charge in [-0.15, -0.1) is 0 Å². The molecular formula is C10H9ClF2N2O2. The monoisotopic (exact) mass is 262 g/mol. The van der Waals surface area contributed by atoms with Crippen molar-refractivity contribution in [3.05, 3.63) is 22.7 Å². The lowest BCUT2D eigenvalue weighted by Crippen LogP contribution is -2.08. The van der Waals surface area contributed by atoms with E-state index in [1.54, 1.807) is 0 Å². The van der Waals surface area contributed by atoms with Crippen LogP contribution >= 0.6 is 11.6 Å². The van der Waals surface area contributed by atoms with E-state index in [9.17, 15) is 13.6 Å². The van der Waals surface area contributed by atoms with Crippen molar-refractivity contribution in [3.8, 4) is 0 Å². The van der Waals surface area contributed by atoms with Gasteiger partial charge in [0.25, 0.3) is 5.92 Å². The summed E-state index contributed by atoms with van der Waals surface area (Å²) in [5, 5.41) is -0.0319. The van der Waals surface area contributed by atoms with Gasteiger partial charge >= 0.3 is 5.97 Å². The van der Waals surface area contributed by atoms with Gasteiger partial charge in [-0.05, 0) is 0 Å². The number of hydrogen-bond donors (Lipinski definition) is 0. The summed E-state index contributed by atoms with van der Waals surface area (Å²) in [7, 11) is 1.20. The number of carbonyl (C=O) groups excluding carboxylic acids is 1. The fourth-order valence-electron chi connectivity index (χ4n) is 1.46. The van der Waals surface area contributed by atoms with Crippen molar-refractivity contribution in [1.29, 1.82) is 0 Å². The third-order valence-electron chi connectivity index (χ3n) is 2.59. The lowest BCUT2D eigenvalue weighted by atomic mass is 10.2. The predicted octanol–water partition coefficient (Wildman–Crippen LogP) is 2.11. The number of esters is 1. The molecular weight excluding hydrogens is 254 g/mol. The first kappa shape index (κ1) is 12.2. The topological polar surface area (TPSA) is 52.1 Å². The van der Waals surface area contributed by atoms with Crippen molar-refractivity contribution in [2.75, 3.05) is 7.11 Å². The zero-order valence-corrected chi connectivity index (χ0v) is 9.67. The van der Waals surface area contributed by atoms with Crippen LogP contribution in [0.25, 0.3) is 0 Å². The number of rotatable bonds is 3. The SMILES string of the molecule is COC(=O)c1cnc(CC2CC2(F)F)c(Cl)n1. The van der Waals surface area contributed by atoms with Crippen molar-refractivity contribution >= 4 is 17.6 Å². The minimum Gasteiger partial charge on any atom is -0.464 e. The molecule has 0 radical (unpaired) electrons. The Morgan fingerprint density at radius 1 is 1.71 bits per heavy atom. The largest absolute Gasteiger partial charge is 0.464 e. The van der Waals surface area contributed by atoms with Gasteiger partial charge in [0.15, 0.2) is 10.8 Å². The second kappa shape index (κ2) is 4.18. The Bertz CT molecular complexity index is 468. The van der Waals surface area contributed by atoms with Gasteiger partial charge in [-0.25, -0.2) is 18.6 Å². The first-order chi connectivity index (χ1) is 7.94. The third-order valence-corrected chi connectivity index (χ3v) is 2.89. The third kappa shape index (κ3) is 2.52. The maximum atomic E-state index is 12.7. The van der Waals surface area contributed by atoms with Gasteiger partial charge in [0.05, 0.1) is 19.0 Å². The van der Waals surface area contributed by atoms with Crippen LogP contribution in [0.1, 0.15) is 22.6 Å². The number of ether oxygens (including phenoxy) is 1. The van der Waals surface area contributed by atoms with E-state index in [2.05, 4.69) is 14.7 Å². The van der Waals surface area contributed by atoms with Gasteiger partial charge in [-0.3, -0.25) is 4.98 Å². The predicted molar refractivity (Wildman–Crippen MR) is 55.1 cm³/mol. The molecule has 92 valence electrons. The molecule has 0 aliphatic heterocycles. The molecule has 4 nitrogen and oxygen atoms in total. The highest BCUT2D eigenvalue weighted by atomic mass is 35.5. The number of hydrogen-bond acceptors (Lipinski definition) is 4. The first-order valence-corrected chi connectivity index (χ1v) is 5.29. The number of alkyl halides is 2. The standard InChI is InChI=1S/C10H9ClF2N2O2/c1-17-9(16)7-4-14-6(8(11)15-7)2-5-3-10(5,12)13/h4-5H,2-3H2,1H3. The average molecular weight is 263 g/mol. The molecule has 0 amide bonds. The number of nitrogens with zero attached hydrogens (tertiary/aromatic N) is 2. The second-order valence-electron chi connectivity index (χ2n) is 3.85. The molecule has 7 heteroatoms. The van der Waals surface area contributed by atoms with Crippen LogP contribution in [0.4, 0.5) is 8.78 Å². The minimum atomic E-state index is -2.62. The van der Waals surface area contributed by atoms with Crippen LogP contribution in [0.2, 0.25) is 5.15 Å². The summed E-state index contributed by atoms with van der Waals surface area (Å²) < 4.78 is 29.9. The molecule has 2 rings (SSSR count). The molecule has 0 bridgehead atoms. The molecule has 1 unspecified atom stereocenters. The van der Waals surface area contributed by atoms with Gasteiger partial charge in [-0.1, -0.05) is 11.6 Å². The van der Waals surface area contributed by atoms with Gasteiger partial charge < -0.3 is 4.74 Å². The van der Waals surface area contributed by atoms with Crippen LogP contribution in [0.15, 0.2) is 6.20 Å². The lowest BCUT2D eigenvalue weighted by molar-refractivity contribution is 0.0593. The zero-order chi connectivity index (χ0) is 12.6. The van der Waals surface area contributed by atoms with Crippen LogP contribution < -0.4 is 0 Å². The van der Waals surface area contributed by atoms with Crippen molar-refractivity contribution in [2.45, 2.75) is 18.8 Å². The highest BCUT2D eigenvalue weighted by molar-refractivity contribution is 6.30. The Labute approximate surface area is 101 Å². The van der Waals surface area contributed by atoms with Crippen molar-refractivity contribution in [3.63, 3.8) is 0 Å². The van der Waals surface area contributed by atoms with E-state index in [0.29, 0.717) is 0 Å². The minimum absolute atomic E-state index is 0.0319. The van der Waals surface area contributed by atoms with Crippen LogP contribution in [0.3, 0.4) is 0 Å². The summed E-state index contributed by atoms with van der Waals surface area (Å²) in [5.74, 6) is -4.01. The quantitative estimate of drug-likeness (QED) is 0.783. The smallest absolute Gasteiger partial charge is 0.358 e. The van der Waals surface area contributed by atoms with E-state index in [4.69, 9.17) is 11.6 Å². The molecule has 1 atom stereocenters. The van der Waals surface area contributed by atoms with E-state index in [-0.39, 0.29) is 29.4 Å². The van der Waals surface area contributed by atoms with Gasteiger partial charge in [0, 0.05) is 18.8 Å². The van der Waals surface area contributed by atoms with Gasteiger partial charge in [0.1, 0.15) is 0 Å². The molecule has 0 aromatic carbocycles. The van der Waals surface area contributed by atoms with E-state index in [1.165, 1.54) is 13.3 Å². The first-order valence-electron chi connectivity index (χ1n) is 4.91. The Morgan fingerprint density at radius 2 is 2.35 bits per heavy atom. The zero-order valence-electron chi connectivity index (χ0n) is 8.91. The number of halogens is 3. The van der Waals surface area contributed by atoms with Crippen LogP contribution in [0.5, 0.6) is 0 Å². The van der Waals surface area contributed by atoms with Crippen LogP contribution in [0, 0.1) is 5.92 Å². The molecule has 0 saturated heterocycles. The molecule has 17 heavy (non-hydrogen) atoms. The molecule has 1 fully saturated rings. The van der Waals surface area contributed by atoms with Gasteiger partial charge in [0.2, 0.25) is 0 Å². The molecule has 0 spiro atoms. The number of aromatic nitrogens is 2. The molecule has 1 aromatic heterocycles.